The number of carbonyl (C=O) groups is 1. The summed E-state index contributed by atoms with van der Waals surface area (Å²) >= 11 is 5.18. The largest absolute Gasteiger partial charge is 0.494 e. The van der Waals surface area contributed by atoms with Crippen molar-refractivity contribution >= 4 is 28.8 Å². The fourth-order valence-electron chi connectivity index (χ4n) is 2.82. The maximum Gasteiger partial charge on any atom is 0.237 e. The normalized spacial score (nSPS) is 17.0. The van der Waals surface area contributed by atoms with Crippen molar-refractivity contribution in [3.8, 4) is 5.75 Å². The number of rotatable bonds is 5. The lowest BCUT2D eigenvalue weighted by Crippen LogP contribution is -2.47. The molecule has 1 aliphatic carbocycles. The molecule has 0 bridgehead atoms. The monoisotopic (exact) mass is 306 g/mol. The molecular weight excluding hydrogens is 284 g/mol. The Hall–Kier alpha value is -1.62. The van der Waals surface area contributed by atoms with Crippen molar-refractivity contribution in [2.75, 3.05) is 11.9 Å². The number of nitrogens with two attached hydrogens (primary N) is 1. The fourth-order valence-corrected chi connectivity index (χ4v) is 3.12. The zero-order valence-corrected chi connectivity index (χ0v) is 13.2. The Morgan fingerprint density at radius 3 is 2.71 bits per heavy atom. The molecule has 0 saturated heterocycles. The number of hydrogen-bond donors (Lipinski definition) is 2. The lowest BCUT2D eigenvalue weighted by molar-refractivity contribution is -0.123. The number of anilines is 1. The molecule has 1 amide bonds. The zero-order valence-electron chi connectivity index (χ0n) is 12.4. The molecule has 21 heavy (non-hydrogen) atoms. The van der Waals surface area contributed by atoms with Crippen LogP contribution in [0.5, 0.6) is 5.75 Å². The summed E-state index contributed by atoms with van der Waals surface area (Å²) < 4.78 is 5.44. The summed E-state index contributed by atoms with van der Waals surface area (Å²) in [4.78, 5) is 13.0. The predicted molar refractivity (Wildman–Crippen MR) is 88.5 cm³/mol. The second-order valence-electron chi connectivity index (χ2n) is 5.42. The topological polar surface area (TPSA) is 64.3 Å². The summed E-state index contributed by atoms with van der Waals surface area (Å²) in [5.41, 5.74) is 5.90. The van der Waals surface area contributed by atoms with Crippen LogP contribution in [0.1, 0.15) is 39.0 Å². The summed E-state index contributed by atoms with van der Waals surface area (Å²) in [6, 6.07) is 7.38. The van der Waals surface area contributed by atoms with Gasteiger partial charge >= 0.3 is 0 Å². The average Bonchev–Trinajstić information content (AvgIpc) is 2.48. The summed E-state index contributed by atoms with van der Waals surface area (Å²) in [7, 11) is 0. The van der Waals surface area contributed by atoms with Crippen LogP contribution in [-0.2, 0) is 4.79 Å². The molecule has 3 N–H and O–H groups in total. The fraction of sp³-hybridized carbons (Fsp3) is 0.500. The molecular formula is C16H22N2O2S. The van der Waals surface area contributed by atoms with Gasteiger partial charge in [-0.1, -0.05) is 37.5 Å². The molecule has 0 radical (unpaired) electrons. The van der Waals surface area contributed by atoms with Gasteiger partial charge in [-0.15, -0.1) is 0 Å². The Morgan fingerprint density at radius 2 is 2.10 bits per heavy atom. The lowest BCUT2D eigenvalue weighted by atomic mass is 9.73. The van der Waals surface area contributed by atoms with E-state index in [-0.39, 0.29) is 5.91 Å². The van der Waals surface area contributed by atoms with E-state index < -0.39 is 5.41 Å². The van der Waals surface area contributed by atoms with Crippen LogP contribution < -0.4 is 15.8 Å². The molecule has 1 saturated carbocycles. The summed E-state index contributed by atoms with van der Waals surface area (Å²) in [5, 5.41) is 2.95. The van der Waals surface area contributed by atoms with Gasteiger partial charge in [0.1, 0.15) is 5.75 Å². The molecule has 0 spiro atoms. The van der Waals surface area contributed by atoms with Crippen molar-refractivity contribution in [3.05, 3.63) is 24.3 Å². The maximum atomic E-state index is 12.7. The summed E-state index contributed by atoms with van der Waals surface area (Å²) in [6.45, 7) is 2.52. The molecule has 0 aromatic heterocycles. The van der Waals surface area contributed by atoms with Crippen LogP contribution in [0.25, 0.3) is 0 Å². The van der Waals surface area contributed by atoms with Gasteiger partial charge < -0.3 is 15.8 Å². The van der Waals surface area contributed by atoms with Crippen molar-refractivity contribution in [1.29, 1.82) is 0 Å². The third-order valence-electron chi connectivity index (χ3n) is 4.02. The molecule has 2 rings (SSSR count). The van der Waals surface area contributed by atoms with Crippen LogP contribution >= 0.6 is 12.2 Å². The highest BCUT2D eigenvalue weighted by molar-refractivity contribution is 7.80. The smallest absolute Gasteiger partial charge is 0.237 e. The number of amides is 1. The minimum absolute atomic E-state index is 0.0941. The lowest BCUT2D eigenvalue weighted by Gasteiger charge is -2.34. The summed E-state index contributed by atoms with van der Waals surface area (Å²) in [6.07, 6.45) is 4.59. The van der Waals surface area contributed by atoms with Gasteiger partial charge in [0.2, 0.25) is 5.91 Å². The molecule has 1 aromatic carbocycles. The highest BCUT2D eigenvalue weighted by Crippen LogP contribution is 2.38. The van der Waals surface area contributed by atoms with Gasteiger partial charge in [0.25, 0.3) is 0 Å². The molecule has 0 unspecified atom stereocenters. The number of thiocarbonyl (C=S) groups is 1. The molecule has 0 atom stereocenters. The number of hydrogen-bond acceptors (Lipinski definition) is 3. The zero-order chi connectivity index (χ0) is 15.3. The minimum Gasteiger partial charge on any atom is -0.494 e. The van der Waals surface area contributed by atoms with Crippen molar-refractivity contribution in [2.24, 2.45) is 11.1 Å². The molecule has 114 valence electrons. The first-order valence-corrected chi connectivity index (χ1v) is 7.83. The SMILES string of the molecule is CCOc1cccc(NC(=O)C2(C(N)=S)CCCCC2)c1. The van der Waals surface area contributed by atoms with Gasteiger partial charge in [-0.2, -0.15) is 0 Å². The Balaban J connectivity index is 2.15. The first kappa shape index (κ1) is 15.8. The van der Waals surface area contributed by atoms with Crippen LogP contribution in [0, 0.1) is 5.41 Å². The molecule has 1 aromatic rings. The predicted octanol–water partition coefficient (Wildman–Crippen LogP) is 3.26. The van der Waals surface area contributed by atoms with Crippen LogP contribution in [-0.4, -0.2) is 17.5 Å². The van der Waals surface area contributed by atoms with Crippen molar-refractivity contribution in [1.82, 2.24) is 0 Å². The molecule has 5 heteroatoms. The number of benzene rings is 1. The standard InChI is InChI=1S/C16H22N2O2S/c1-2-20-13-8-6-7-12(11-13)18-15(19)16(14(17)21)9-4-3-5-10-16/h6-8,11H,2-5,9-10H2,1H3,(H2,17,21)(H,18,19). The second kappa shape index (κ2) is 6.89. The Kier molecular flexibility index (Phi) is 5.17. The van der Waals surface area contributed by atoms with Crippen LogP contribution in [0.2, 0.25) is 0 Å². The van der Waals surface area contributed by atoms with E-state index in [1.54, 1.807) is 0 Å². The van der Waals surface area contributed by atoms with E-state index in [4.69, 9.17) is 22.7 Å². The Bertz CT molecular complexity index is 525. The first-order valence-electron chi connectivity index (χ1n) is 7.43. The van der Waals surface area contributed by atoms with Gasteiger partial charge in [0, 0.05) is 11.8 Å². The molecule has 0 heterocycles. The number of nitrogens with one attached hydrogen (secondary N) is 1. The van der Waals surface area contributed by atoms with Gasteiger partial charge in [0.05, 0.1) is 17.0 Å². The van der Waals surface area contributed by atoms with E-state index in [0.717, 1.165) is 37.9 Å². The molecule has 1 aliphatic rings. The average molecular weight is 306 g/mol. The number of ether oxygens (including phenoxy) is 1. The highest BCUT2D eigenvalue weighted by Gasteiger charge is 2.42. The molecule has 0 aliphatic heterocycles. The van der Waals surface area contributed by atoms with Crippen LogP contribution in [0.15, 0.2) is 24.3 Å². The Labute approximate surface area is 131 Å². The van der Waals surface area contributed by atoms with Crippen LogP contribution in [0.3, 0.4) is 0 Å². The van der Waals surface area contributed by atoms with E-state index in [2.05, 4.69) is 5.32 Å². The van der Waals surface area contributed by atoms with Gasteiger partial charge in [-0.3, -0.25) is 4.79 Å². The van der Waals surface area contributed by atoms with E-state index in [1.807, 2.05) is 31.2 Å². The van der Waals surface area contributed by atoms with E-state index in [0.29, 0.717) is 17.3 Å². The number of carbonyl (C=O) groups excluding carboxylic acids is 1. The minimum atomic E-state index is -0.699. The van der Waals surface area contributed by atoms with Crippen molar-refractivity contribution in [3.63, 3.8) is 0 Å². The third-order valence-corrected chi connectivity index (χ3v) is 4.41. The van der Waals surface area contributed by atoms with Gasteiger partial charge in [-0.05, 0) is 31.9 Å². The first-order chi connectivity index (χ1) is 10.1. The van der Waals surface area contributed by atoms with E-state index in [1.165, 1.54) is 0 Å². The summed E-state index contributed by atoms with van der Waals surface area (Å²) in [5.74, 6) is 0.645. The van der Waals surface area contributed by atoms with Crippen molar-refractivity contribution < 1.29 is 9.53 Å². The second-order valence-corrected chi connectivity index (χ2v) is 5.86. The van der Waals surface area contributed by atoms with Gasteiger partial charge in [0.15, 0.2) is 0 Å². The van der Waals surface area contributed by atoms with E-state index >= 15 is 0 Å². The molecule has 4 nitrogen and oxygen atoms in total. The van der Waals surface area contributed by atoms with Crippen molar-refractivity contribution in [2.45, 2.75) is 39.0 Å². The molecule has 1 fully saturated rings. The highest BCUT2D eigenvalue weighted by atomic mass is 32.1. The quantitative estimate of drug-likeness (QED) is 0.820. The van der Waals surface area contributed by atoms with Gasteiger partial charge in [-0.25, -0.2) is 0 Å². The van der Waals surface area contributed by atoms with E-state index in [9.17, 15) is 4.79 Å². The third kappa shape index (κ3) is 3.53. The van der Waals surface area contributed by atoms with Crippen LogP contribution in [0.4, 0.5) is 5.69 Å². The Morgan fingerprint density at radius 1 is 1.38 bits per heavy atom. The maximum absolute atomic E-state index is 12.7.